The van der Waals surface area contributed by atoms with Crippen LogP contribution in [0.25, 0.3) is 0 Å². The zero-order valence-corrected chi connectivity index (χ0v) is 16.2. The van der Waals surface area contributed by atoms with Crippen LogP contribution >= 0.6 is 23.2 Å². The van der Waals surface area contributed by atoms with Gasteiger partial charge in [-0.1, -0.05) is 59.6 Å². The van der Waals surface area contributed by atoms with Crippen molar-refractivity contribution >= 4 is 23.2 Å². The number of hydrogen-bond acceptors (Lipinski definition) is 2. The minimum atomic E-state index is -0.254. The lowest BCUT2D eigenvalue weighted by Gasteiger charge is -2.10. The predicted molar refractivity (Wildman–Crippen MR) is 109 cm³/mol. The molecule has 3 aromatic rings. The van der Waals surface area contributed by atoms with Gasteiger partial charge in [-0.05, 0) is 54.4 Å². The molecular weight excluding hydrogens is 384 g/mol. The van der Waals surface area contributed by atoms with Crippen LogP contribution < -0.4 is 10.1 Å². The van der Waals surface area contributed by atoms with Crippen LogP contribution in [0.4, 0.5) is 4.39 Å². The zero-order chi connectivity index (χ0) is 19.1. The Kier molecular flexibility index (Phi) is 7.11. The summed E-state index contributed by atoms with van der Waals surface area (Å²) in [4.78, 5) is 0. The van der Waals surface area contributed by atoms with Gasteiger partial charge < -0.3 is 10.1 Å². The summed E-state index contributed by atoms with van der Waals surface area (Å²) < 4.78 is 19.4. The van der Waals surface area contributed by atoms with Crippen molar-refractivity contribution in [2.45, 2.75) is 19.6 Å². The quantitative estimate of drug-likeness (QED) is 0.462. The molecule has 0 amide bonds. The summed E-state index contributed by atoms with van der Waals surface area (Å²) in [5.41, 5.74) is 2.71. The molecule has 0 bridgehead atoms. The molecule has 0 heterocycles. The first-order valence-corrected chi connectivity index (χ1v) is 9.47. The number of hydrogen-bond donors (Lipinski definition) is 1. The summed E-state index contributed by atoms with van der Waals surface area (Å²) >= 11 is 12.1. The summed E-state index contributed by atoms with van der Waals surface area (Å²) in [5.74, 6) is 0.467. The maximum absolute atomic E-state index is 13.7. The normalized spacial score (nSPS) is 10.8. The molecule has 0 atom stereocenters. The van der Waals surface area contributed by atoms with E-state index in [1.165, 1.54) is 6.07 Å². The Hall–Kier alpha value is -2.07. The van der Waals surface area contributed by atoms with Crippen molar-refractivity contribution in [3.8, 4) is 5.75 Å². The number of rotatable bonds is 8. The molecule has 1 N–H and O–H groups in total. The maximum Gasteiger partial charge on any atom is 0.129 e. The highest BCUT2D eigenvalue weighted by molar-refractivity contribution is 6.35. The minimum absolute atomic E-state index is 0.207. The molecular formula is C22H20Cl2FNO. The van der Waals surface area contributed by atoms with Crippen molar-refractivity contribution in [3.05, 3.63) is 99.3 Å². The second-order valence-electron chi connectivity index (χ2n) is 6.19. The van der Waals surface area contributed by atoms with E-state index < -0.39 is 0 Å². The monoisotopic (exact) mass is 403 g/mol. The summed E-state index contributed by atoms with van der Waals surface area (Å²) in [5, 5.41) is 4.73. The molecule has 0 aliphatic rings. The second kappa shape index (κ2) is 9.75. The Bertz CT molecular complexity index is 901. The fourth-order valence-electron chi connectivity index (χ4n) is 2.70. The van der Waals surface area contributed by atoms with Gasteiger partial charge in [-0.2, -0.15) is 0 Å². The smallest absolute Gasteiger partial charge is 0.129 e. The van der Waals surface area contributed by atoms with Gasteiger partial charge in [0.15, 0.2) is 0 Å². The van der Waals surface area contributed by atoms with Crippen molar-refractivity contribution in [1.29, 1.82) is 0 Å². The summed E-state index contributed by atoms with van der Waals surface area (Å²) in [6.07, 6.45) is 0.819. The number of benzene rings is 3. The first-order valence-electron chi connectivity index (χ1n) is 8.71. The lowest BCUT2D eigenvalue weighted by atomic mass is 10.1. The predicted octanol–water partition coefficient (Wildman–Crippen LogP) is 6.04. The Morgan fingerprint density at radius 2 is 1.74 bits per heavy atom. The molecule has 27 heavy (non-hydrogen) atoms. The van der Waals surface area contributed by atoms with Gasteiger partial charge in [-0.15, -0.1) is 0 Å². The van der Waals surface area contributed by atoms with Gasteiger partial charge in [0.1, 0.15) is 18.2 Å². The molecule has 3 rings (SSSR count). The van der Waals surface area contributed by atoms with Gasteiger partial charge >= 0.3 is 0 Å². The zero-order valence-electron chi connectivity index (χ0n) is 14.7. The lowest BCUT2D eigenvalue weighted by Crippen LogP contribution is -2.16. The highest BCUT2D eigenvalue weighted by Crippen LogP contribution is 2.21. The summed E-state index contributed by atoms with van der Waals surface area (Å²) in [6, 6.07) is 20.0. The molecule has 0 saturated carbocycles. The van der Waals surface area contributed by atoms with Crippen LogP contribution in [-0.2, 0) is 19.6 Å². The largest absolute Gasteiger partial charge is 0.489 e. The van der Waals surface area contributed by atoms with Crippen LogP contribution in [0.15, 0.2) is 66.7 Å². The second-order valence-corrected chi connectivity index (χ2v) is 7.03. The molecule has 0 fully saturated rings. The summed E-state index contributed by atoms with van der Waals surface area (Å²) in [7, 11) is 0. The molecule has 3 aromatic carbocycles. The third-order valence-electron chi connectivity index (χ3n) is 4.17. The van der Waals surface area contributed by atoms with Gasteiger partial charge in [0.05, 0.1) is 0 Å². The molecule has 0 unspecified atom stereocenters. The van der Waals surface area contributed by atoms with Crippen molar-refractivity contribution in [1.82, 2.24) is 5.32 Å². The van der Waals surface area contributed by atoms with Crippen molar-refractivity contribution in [3.63, 3.8) is 0 Å². The Labute approximate surface area is 168 Å². The molecule has 0 aliphatic carbocycles. The van der Waals surface area contributed by atoms with E-state index in [1.54, 1.807) is 24.3 Å². The molecule has 2 nitrogen and oxygen atoms in total. The van der Waals surface area contributed by atoms with E-state index in [4.69, 9.17) is 27.9 Å². The SMILES string of the molecule is Fc1ccccc1COc1cccc(CNCCc2ccc(Cl)cc2Cl)c1. The summed E-state index contributed by atoms with van der Waals surface area (Å²) in [6.45, 7) is 1.71. The number of ether oxygens (including phenoxy) is 1. The fourth-order valence-corrected chi connectivity index (χ4v) is 3.20. The molecule has 0 radical (unpaired) electrons. The van der Waals surface area contributed by atoms with Crippen LogP contribution in [0.2, 0.25) is 10.0 Å². The fraction of sp³-hybridized carbons (Fsp3) is 0.182. The van der Waals surface area contributed by atoms with E-state index in [1.807, 2.05) is 36.4 Å². The van der Waals surface area contributed by atoms with Gasteiger partial charge in [0, 0.05) is 22.2 Å². The van der Waals surface area contributed by atoms with Gasteiger partial charge in [0.2, 0.25) is 0 Å². The van der Waals surface area contributed by atoms with Crippen LogP contribution in [0, 0.1) is 5.82 Å². The molecule has 0 spiro atoms. The highest BCUT2D eigenvalue weighted by atomic mass is 35.5. The van der Waals surface area contributed by atoms with E-state index >= 15 is 0 Å². The van der Waals surface area contributed by atoms with Gasteiger partial charge in [-0.25, -0.2) is 4.39 Å². The molecule has 0 aromatic heterocycles. The number of halogens is 3. The van der Waals surface area contributed by atoms with E-state index in [-0.39, 0.29) is 12.4 Å². The average Bonchev–Trinajstić information content (AvgIpc) is 2.66. The van der Waals surface area contributed by atoms with E-state index in [9.17, 15) is 4.39 Å². The first kappa shape index (κ1) is 19.7. The van der Waals surface area contributed by atoms with Crippen LogP contribution in [0.1, 0.15) is 16.7 Å². The molecule has 0 saturated heterocycles. The third-order valence-corrected chi connectivity index (χ3v) is 4.75. The topological polar surface area (TPSA) is 21.3 Å². The molecule has 5 heteroatoms. The van der Waals surface area contributed by atoms with Gasteiger partial charge in [-0.3, -0.25) is 0 Å². The Balaban J connectivity index is 1.48. The standard InChI is InChI=1S/C22H20Cl2FNO/c23-19-9-8-17(21(24)13-19)10-11-26-14-16-4-3-6-20(12-16)27-15-18-5-1-2-7-22(18)25/h1-9,12-13,26H,10-11,14-15H2. The lowest BCUT2D eigenvalue weighted by molar-refractivity contribution is 0.299. The van der Waals surface area contributed by atoms with Crippen LogP contribution in [0.5, 0.6) is 5.75 Å². The van der Waals surface area contributed by atoms with Crippen LogP contribution in [0.3, 0.4) is 0 Å². The molecule has 0 aliphatic heterocycles. The van der Waals surface area contributed by atoms with Crippen molar-refractivity contribution in [2.24, 2.45) is 0 Å². The Morgan fingerprint density at radius 3 is 2.56 bits per heavy atom. The third kappa shape index (κ3) is 5.96. The van der Waals surface area contributed by atoms with E-state index in [0.717, 1.165) is 29.8 Å². The van der Waals surface area contributed by atoms with E-state index in [2.05, 4.69) is 5.32 Å². The maximum atomic E-state index is 13.7. The first-order chi connectivity index (χ1) is 13.1. The van der Waals surface area contributed by atoms with Crippen molar-refractivity contribution < 1.29 is 9.13 Å². The van der Waals surface area contributed by atoms with Crippen molar-refractivity contribution in [2.75, 3.05) is 6.54 Å². The Morgan fingerprint density at radius 1 is 0.889 bits per heavy atom. The minimum Gasteiger partial charge on any atom is -0.489 e. The van der Waals surface area contributed by atoms with Gasteiger partial charge in [0.25, 0.3) is 0 Å². The number of nitrogens with one attached hydrogen (secondary N) is 1. The highest BCUT2D eigenvalue weighted by Gasteiger charge is 2.04. The molecule has 140 valence electrons. The van der Waals surface area contributed by atoms with Crippen LogP contribution in [-0.4, -0.2) is 6.54 Å². The average molecular weight is 404 g/mol. The van der Waals surface area contributed by atoms with E-state index in [0.29, 0.717) is 22.2 Å².